The van der Waals surface area contributed by atoms with Crippen molar-refractivity contribution in [3.05, 3.63) is 35.2 Å². The number of aliphatic hydroxyl groups is 1. The normalized spacial score (nSPS) is 24.6. The third-order valence-electron chi connectivity index (χ3n) is 3.23. The summed E-state index contributed by atoms with van der Waals surface area (Å²) >= 11 is 1.92. The molecule has 1 heterocycles. The first-order valence-corrected chi connectivity index (χ1v) is 6.29. The van der Waals surface area contributed by atoms with E-state index in [1.54, 1.807) is 0 Å². The number of hydrogen-bond donors (Lipinski definition) is 1. The number of fused-ring (bicyclic) bond motifs is 1. The van der Waals surface area contributed by atoms with Crippen molar-refractivity contribution in [2.75, 3.05) is 6.61 Å². The lowest BCUT2D eigenvalue weighted by molar-refractivity contribution is 0.279. The van der Waals surface area contributed by atoms with Gasteiger partial charge in [0.2, 0.25) is 0 Å². The fourth-order valence-corrected chi connectivity index (χ4v) is 3.54. The van der Waals surface area contributed by atoms with E-state index in [9.17, 15) is 0 Å². The number of aliphatic hydroxyl groups excluding tert-OH is 1. The first-order chi connectivity index (χ1) is 7.38. The minimum Gasteiger partial charge on any atom is -0.396 e. The fraction of sp³-hybridized carbons (Fsp3) is 0.385. The molecule has 2 heteroatoms. The van der Waals surface area contributed by atoms with Crippen molar-refractivity contribution in [2.24, 2.45) is 5.92 Å². The summed E-state index contributed by atoms with van der Waals surface area (Å²) in [4.78, 5) is 1.51. The summed E-state index contributed by atoms with van der Waals surface area (Å²) in [5.74, 6) is 1.47. The van der Waals surface area contributed by atoms with Gasteiger partial charge in [0, 0.05) is 16.2 Å². The molecule has 0 radical (unpaired) electrons. The molecule has 0 aliphatic heterocycles. The van der Waals surface area contributed by atoms with E-state index < -0.39 is 0 Å². The SMILES string of the molecule is OCC[C@H]1C[C@H]1c1cc2ccccc2s1. The van der Waals surface area contributed by atoms with Gasteiger partial charge in [-0.3, -0.25) is 0 Å². The highest BCUT2D eigenvalue weighted by molar-refractivity contribution is 7.19. The molecule has 0 spiro atoms. The Kier molecular flexibility index (Phi) is 2.26. The molecular formula is C13H14OS. The van der Waals surface area contributed by atoms with Crippen LogP contribution < -0.4 is 0 Å². The maximum atomic E-state index is 8.88. The van der Waals surface area contributed by atoms with Gasteiger partial charge in [-0.05, 0) is 42.2 Å². The van der Waals surface area contributed by atoms with Crippen LogP contribution in [0.15, 0.2) is 30.3 Å². The fourth-order valence-electron chi connectivity index (χ4n) is 2.27. The Balaban J connectivity index is 1.87. The van der Waals surface area contributed by atoms with Crippen molar-refractivity contribution in [3.8, 4) is 0 Å². The predicted octanol–water partition coefficient (Wildman–Crippen LogP) is 3.39. The molecule has 1 saturated carbocycles. The van der Waals surface area contributed by atoms with Crippen LogP contribution >= 0.6 is 11.3 Å². The van der Waals surface area contributed by atoms with Gasteiger partial charge in [0.15, 0.2) is 0 Å². The summed E-state index contributed by atoms with van der Waals surface area (Å²) in [7, 11) is 0. The van der Waals surface area contributed by atoms with Crippen molar-refractivity contribution >= 4 is 21.4 Å². The molecule has 0 bridgehead atoms. The van der Waals surface area contributed by atoms with Gasteiger partial charge in [-0.15, -0.1) is 11.3 Å². The third kappa shape index (κ3) is 1.68. The maximum Gasteiger partial charge on any atom is 0.0433 e. The molecule has 78 valence electrons. The van der Waals surface area contributed by atoms with Crippen LogP contribution in [0.25, 0.3) is 10.1 Å². The van der Waals surface area contributed by atoms with Crippen molar-refractivity contribution in [2.45, 2.75) is 18.8 Å². The van der Waals surface area contributed by atoms with Crippen molar-refractivity contribution < 1.29 is 5.11 Å². The smallest absolute Gasteiger partial charge is 0.0433 e. The van der Waals surface area contributed by atoms with Crippen LogP contribution in [-0.2, 0) is 0 Å². The van der Waals surface area contributed by atoms with Crippen LogP contribution in [0.4, 0.5) is 0 Å². The molecule has 1 nitrogen and oxygen atoms in total. The second kappa shape index (κ2) is 3.62. The molecule has 3 rings (SSSR count). The zero-order valence-electron chi connectivity index (χ0n) is 8.52. The maximum absolute atomic E-state index is 8.88. The lowest BCUT2D eigenvalue weighted by atomic mass is 10.2. The lowest BCUT2D eigenvalue weighted by Crippen LogP contribution is -1.85. The number of hydrogen-bond acceptors (Lipinski definition) is 2. The first-order valence-electron chi connectivity index (χ1n) is 5.48. The van der Waals surface area contributed by atoms with Crippen molar-refractivity contribution in [3.63, 3.8) is 0 Å². The van der Waals surface area contributed by atoms with E-state index in [4.69, 9.17) is 5.11 Å². The zero-order chi connectivity index (χ0) is 10.3. The molecule has 0 amide bonds. The Labute approximate surface area is 93.4 Å². The van der Waals surface area contributed by atoms with Gasteiger partial charge in [0.25, 0.3) is 0 Å². The topological polar surface area (TPSA) is 20.2 Å². The van der Waals surface area contributed by atoms with Crippen LogP contribution in [0.2, 0.25) is 0 Å². The summed E-state index contributed by atoms with van der Waals surface area (Å²) in [5.41, 5.74) is 0. The highest BCUT2D eigenvalue weighted by Crippen LogP contribution is 2.52. The summed E-state index contributed by atoms with van der Waals surface area (Å²) in [6, 6.07) is 10.9. The molecule has 1 aromatic carbocycles. The van der Waals surface area contributed by atoms with Crippen LogP contribution in [0.3, 0.4) is 0 Å². The van der Waals surface area contributed by atoms with Crippen molar-refractivity contribution in [1.82, 2.24) is 0 Å². The molecule has 0 saturated heterocycles. The molecule has 1 N–H and O–H groups in total. The number of benzene rings is 1. The lowest BCUT2D eigenvalue weighted by Gasteiger charge is -1.92. The highest BCUT2D eigenvalue weighted by atomic mass is 32.1. The average Bonchev–Trinajstić information content (AvgIpc) is 2.89. The molecule has 1 fully saturated rings. The quantitative estimate of drug-likeness (QED) is 0.837. The standard InChI is InChI=1S/C13H14OS/c14-6-5-9-7-11(9)13-8-10-3-1-2-4-12(10)15-13/h1-4,8-9,11,14H,5-7H2/t9-,11+/m0/s1. The molecule has 2 aromatic rings. The zero-order valence-corrected chi connectivity index (χ0v) is 9.33. The Hall–Kier alpha value is -0.860. The van der Waals surface area contributed by atoms with Gasteiger partial charge in [0.05, 0.1) is 0 Å². The minimum absolute atomic E-state index is 0.339. The van der Waals surface area contributed by atoms with Crippen LogP contribution in [0.1, 0.15) is 23.6 Å². The second-order valence-corrected chi connectivity index (χ2v) is 5.42. The molecule has 15 heavy (non-hydrogen) atoms. The van der Waals surface area contributed by atoms with E-state index in [0.29, 0.717) is 6.61 Å². The second-order valence-electron chi connectivity index (χ2n) is 4.30. The van der Waals surface area contributed by atoms with Gasteiger partial charge in [-0.25, -0.2) is 0 Å². The monoisotopic (exact) mass is 218 g/mol. The van der Waals surface area contributed by atoms with E-state index in [1.165, 1.54) is 21.4 Å². The van der Waals surface area contributed by atoms with E-state index in [2.05, 4.69) is 30.3 Å². The Bertz CT molecular complexity index is 441. The largest absolute Gasteiger partial charge is 0.396 e. The molecule has 1 aromatic heterocycles. The number of thiophene rings is 1. The van der Waals surface area contributed by atoms with Crippen LogP contribution in [0, 0.1) is 5.92 Å². The third-order valence-corrected chi connectivity index (χ3v) is 4.48. The molecule has 1 aliphatic carbocycles. The number of rotatable bonds is 3. The molecule has 2 atom stereocenters. The van der Waals surface area contributed by atoms with Gasteiger partial charge >= 0.3 is 0 Å². The summed E-state index contributed by atoms with van der Waals surface area (Å²) in [5, 5.41) is 10.3. The van der Waals surface area contributed by atoms with Crippen molar-refractivity contribution in [1.29, 1.82) is 0 Å². The summed E-state index contributed by atoms with van der Waals surface area (Å²) in [6.45, 7) is 0.339. The molecule has 1 aliphatic rings. The Morgan fingerprint density at radius 1 is 1.33 bits per heavy atom. The van der Waals surface area contributed by atoms with Gasteiger partial charge < -0.3 is 5.11 Å². The average molecular weight is 218 g/mol. The van der Waals surface area contributed by atoms with Gasteiger partial charge in [-0.2, -0.15) is 0 Å². The van der Waals surface area contributed by atoms with E-state index >= 15 is 0 Å². The van der Waals surface area contributed by atoms with Gasteiger partial charge in [0.1, 0.15) is 0 Å². The van der Waals surface area contributed by atoms with E-state index in [1.807, 2.05) is 11.3 Å². The summed E-state index contributed by atoms with van der Waals surface area (Å²) in [6.07, 6.45) is 2.24. The van der Waals surface area contributed by atoms with E-state index in [-0.39, 0.29) is 0 Å². The molecular weight excluding hydrogens is 204 g/mol. The van der Waals surface area contributed by atoms with E-state index in [0.717, 1.165) is 18.3 Å². The molecule has 0 unspecified atom stereocenters. The van der Waals surface area contributed by atoms with Crippen LogP contribution in [0.5, 0.6) is 0 Å². The van der Waals surface area contributed by atoms with Gasteiger partial charge in [-0.1, -0.05) is 18.2 Å². The predicted molar refractivity (Wildman–Crippen MR) is 64.4 cm³/mol. The van der Waals surface area contributed by atoms with Crippen LogP contribution in [-0.4, -0.2) is 11.7 Å². The Morgan fingerprint density at radius 3 is 3.00 bits per heavy atom. The summed E-state index contributed by atoms with van der Waals surface area (Å²) < 4.78 is 1.39. The minimum atomic E-state index is 0.339. The first kappa shape index (κ1) is 9.37. The highest BCUT2D eigenvalue weighted by Gasteiger charge is 2.38. The Morgan fingerprint density at radius 2 is 2.20 bits per heavy atom.